The van der Waals surface area contributed by atoms with Crippen molar-refractivity contribution < 1.29 is 8.42 Å². The van der Waals surface area contributed by atoms with Crippen LogP contribution in [0.1, 0.15) is 31.4 Å². The summed E-state index contributed by atoms with van der Waals surface area (Å²) in [6.07, 6.45) is 9.19. The van der Waals surface area contributed by atoms with E-state index in [1.54, 1.807) is 35.4 Å². The highest BCUT2D eigenvalue weighted by atomic mass is 32.2. The van der Waals surface area contributed by atoms with Crippen molar-refractivity contribution in [2.75, 3.05) is 0 Å². The van der Waals surface area contributed by atoms with Crippen molar-refractivity contribution in [1.82, 2.24) is 29.7 Å². The number of pyridine rings is 1. The van der Waals surface area contributed by atoms with E-state index in [2.05, 4.69) is 25.0 Å². The molecule has 154 valence electrons. The number of sulfonamides is 1. The summed E-state index contributed by atoms with van der Waals surface area (Å²) in [5.41, 5.74) is 3.68. The van der Waals surface area contributed by atoms with Gasteiger partial charge in [0.15, 0.2) is 0 Å². The van der Waals surface area contributed by atoms with Gasteiger partial charge in [-0.3, -0.25) is 0 Å². The molecule has 0 saturated heterocycles. The van der Waals surface area contributed by atoms with E-state index in [0.29, 0.717) is 11.4 Å². The average Bonchev–Trinajstić information content (AvgIpc) is 3.49. The Morgan fingerprint density at radius 2 is 1.90 bits per heavy atom. The Bertz CT molecular complexity index is 1260. The molecule has 3 heterocycles. The van der Waals surface area contributed by atoms with Crippen LogP contribution in [-0.2, 0) is 16.6 Å². The van der Waals surface area contributed by atoms with Crippen molar-refractivity contribution in [3.8, 4) is 11.1 Å². The smallest absolute Gasteiger partial charge is 0.240 e. The summed E-state index contributed by atoms with van der Waals surface area (Å²) in [4.78, 5) is 8.03. The fraction of sp³-hybridized carbons (Fsp3) is 0.286. The summed E-state index contributed by atoms with van der Waals surface area (Å²) in [6, 6.07) is 11.1. The van der Waals surface area contributed by atoms with Gasteiger partial charge in [-0.1, -0.05) is 30.2 Å². The van der Waals surface area contributed by atoms with E-state index in [9.17, 15) is 8.42 Å². The molecule has 0 atom stereocenters. The molecule has 0 bridgehead atoms. The Balaban J connectivity index is 1.43. The molecule has 0 radical (unpaired) electrons. The first-order chi connectivity index (χ1) is 14.6. The van der Waals surface area contributed by atoms with E-state index in [-0.39, 0.29) is 6.04 Å². The number of fused-ring (bicyclic) bond motifs is 1. The zero-order valence-electron chi connectivity index (χ0n) is 16.3. The fourth-order valence-electron chi connectivity index (χ4n) is 4.05. The van der Waals surface area contributed by atoms with Crippen molar-refractivity contribution in [3.63, 3.8) is 0 Å². The van der Waals surface area contributed by atoms with Gasteiger partial charge in [-0.15, -0.1) is 5.10 Å². The van der Waals surface area contributed by atoms with E-state index in [0.717, 1.165) is 53.5 Å². The molecular weight excluding hydrogens is 400 g/mol. The number of nitrogens with zero attached hydrogens (tertiary/aromatic N) is 4. The molecule has 0 aliphatic heterocycles. The van der Waals surface area contributed by atoms with E-state index in [1.165, 1.54) is 0 Å². The minimum absolute atomic E-state index is 0.0535. The first kappa shape index (κ1) is 19.0. The zero-order chi connectivity index (χ0) is 20.6. The van der Waals surface area contributed by atoms with Crippen molar-refractivity contribution in [3.05, 3.63) is 60.7 Å². The van der Waals surface area contributed by atoms with E-state index >= 15 is 0 Å². The maximum absolute atomic E-state index is 12.7. The van der Waals surface area contributed by atoms with Gasteiger partial charge in [0.1, 0.15) is 5.65 Å². The number of aromatic amines is 1. The normalized spacial score (nSPS) is 15.2. The van der Waals surface area contributed by atoms with Gasteiger partial charge < -0.3 is 4.98 Å². The van der Waals surface area contributed by atoms with E-state index < -0.39 is 10.0 Å². The van der Waals surface area contributed by atoms with Crippen LogP contribution in [-0.4, -0.2) is 39.4 Å². The number of hydrogen-bond donors (Lipinski definition) is 2. The highest BCUT2D eigenvalue weighted by Gasteiger charge is 2.23. The van der Waals surface area contributed by atoms with Crippen LogP contribution in [0.25, 0.3) is 22.2 Å². The quantitative estimate of drug-likeness (QED) is 0.497. The maximum atomic E-state index is 12.7. The first-order valence-corrected chi connectivity index (χ1v) is 11.5. The van der Waals surface area contributed by atoms with Crippen LogP contribution < -0.4 is 4.72 Å². The summed E-state index contributed by atoms with van der Waals surface area (Å²) in [7, 11) is -3.49. The molecule has 0 spiro atoms. The minimum Gasteiger partial charge on any atom is -0.342 e. The van der Waals surface area contributed by atoms with Crippen LogP contribution in [0, 0.1) is 0 Å². The van der Waals surface area contributed by atoms with Crippen LogP contribution in [0.3, 0.4) is 0 Å². The molecule has 1 aliphatic carbocycles. The van der Waals surface area contributed by atoms with Crippen molar-refractivity contribution in [2.45, 2.75) is 43.2 Å². The molecule has 1 aliphatic rings. The topological polar surface area (TPSA) is 106 Å². The molecule has 1 aromatic carbocycles. The van der Waals surface area contributed by atoms with Gasteiger partial charge in [0.25, 0.3) is 0 Å². The molecule has 9 heteroatoms. The lowest BCUT2D eigenvalue weighted by molar-refractivity contribution is 0.552. The second kappa shape index (κ2) is 7.66. The van der Waals surface area contributed by atoms with Crippen molar-refractivity contribution in [2.24, 2.45) is 0 Å². The van der Waals surface area contributed by atoms with Gasteiger partial charge in [-0.2, -0.15) is 0 Å². The Labute approximate surface area is 174 Å². The lowest BCUT2D eigenvalue weighted by atomic mass is 10.0. The van der Waals surface area contributed by atoms with E-state index in [1.807, 2.05) is 24.3 Å². The monoisotopic (exact) mass is 422 g/mol. The lowest BCUT2D eigenvalue weighted by Crippen LogP contribution is -2.32. The summed E-state index contributed by atoms with van der Waals surface area (Å²) in [5, 5.41) is 8.80. The molecule has 1 saturated carbocycles. The van der Waals surface area contributed by atoms with Gasteiger partial charge in [-0.25, -0.2) is 22.8 Å². The Hall–Kier alpha value is -3.04. The number of benzene rings is 1. The predicted octanol–water partition coefficient (Wildman–Crippen LogP) is 3.09. The maximum Gasteiger partial charge on any atom is 0.240 e. The molecule has 0 amide bonds. The van der Waals surface area contributed by atoms with Gasteiger partial charge in [-0.05, 0) is 48.2 Å². The van der Waals surface area contributed by atoms with E-state index in [4.69, 9.17) is 0 Å². The zero-order valence-corrected chi connectivity index (χ0v) is 17.1. The Morgan fingerprint density at radius 1 is 1.10 bits per heavy atom. The first-order valence-electron chi connectivity index (χ1n) is 10.0. The molecule has 8 nitrogen and oxygen atoms in total. The van der Waals surface area contributed by atoms with Gasteiger partial charge >= 0.3 is 0 Å². The molecule has 3 aromatic heterocycles. The minimum atomic E-state index is -3.49. The second-order valence-corrected chi connectivity index (χ2v) is 9.36. The molecule has 5 rings (SSSR count). The highest BCUT2D eigenvalue weighted by molar-refractivity contribution is 7.89. The number of hydrogen-bond acceptors (Lipinski definition) is 5. The summed E-state index contributed by atoms with van der Waals surface area (Å²) in [5.74, 6) is 0. The third-order valence-electron chi connectivity index (χ3n) is 5.54. The Morgan fingerprint density at radius 3 is 2.63 bits per heavy atom. The van der Waals surface area contributed by atoms with Crippen LogP contribution in [0.4, 0.5) is 0 Å². The molecule has 4 aromatic rings. The summed E-state index contributed by atoms with van der Waals surface area (Å²) >= 11 is 0. The molecule has 1 fully saturated rings. The number of aromatic nitrogens is 5. The predicted molar refractivity (Wildman–Crippen MR) is 113 cm³/mol. The van der Waals surface area contributed by atoms with Gasteiger partial charge in [0, 0.05) is 29.5 Å². The fourth-order valence-corrected chi connectivity index (χ4v) is 5.36. The van der Waals surface area contributed by atoms with Gasteiger partial charge in [0.05, 0.1) is 17.6 Å². The lowest BCUT2D eigenvalue weighted by Gasteiger charge is -2.13. The molecule has 30 heavy (non-hydrogen) atoms. The molecule has 2 N–H and O–H groups in total. The molecular formula is C21H22N6O2S. The number of nitrogens with one attached hydrogen (secondary N) is 2. The summed E-state index contributed by atoms with van der Waals surface area (Å²) < 4.78 is 29.9. The van der Waals surface area contributed by atoms with Crippen LogP contribution >= 0.6 is 0 Å². The largest absolute Gasteiger partial charge is 0.342 e. The highest BCUT2D eigenvalue weighted by Crippen LogP contribution is 2.29. The SMILES string of the molecule is O=S(=O)(NC1CCCC1)c1ccc(-c2ccnc3[nH]c(Cn4ccnn4)cc23)cc1. The Kier molecular flexibility index (Phi) is 4.84. The van der Waals surface area contributed by atoms with Crippen molar-refractivity contribution in [1.29, 1.82) is 0 Å². The van der Waals surface area contributed by atoms with Crippen LogP contribution in [0.5, 0.6) is 0 Å². The third kappa shape index (κ3) is 3.73. The number of rotatable bonds is 6. The van der Waals surface area contributed by atoms with Crippen LogP contribution in [0.15, 0.2) is 59.9 Å². The average molecular weight is 423 g/mol. The standard InChI is InChI=1S/C21H22N6O2S/c28-30(29,25-16-3-1-2-4-16)18-7-5-15(6-8-18)19-9-10-22-21-20(19)13-17(24-21)14-27-12-11-23-26-27/h5-13,16,25H,1-4,14H2,(H,22,24). The van der Waals surface area contributed by atoms with Crippen LogP contribution in [0.2, 0.25) is 0 Å². The molecule has 0 unspecified atom stereocenters. The van der Waals surface area contributed by atoms with Crippen molar-refractivity contribution >= 4 is 21.1 Å². The van der Waals surface area contributed by atoms with Gasteiger partial charge in [0.2, 0.25) is 10.0 Å². The third-order valence-corrected chi connectivity index (χ3v) is 7.08. The second-order valence-electron chi connectivity index (χ2n) is 7.64. The summed E-state index contributed by atoms with van der Waals surface area (Å²) in [6.45, 7) is 0.569. The number of H-pyrrole nitrogens is 1.